The van der Waals surface area contributed by atoms with Crippen molar-refractivity contribution in [1.82, 2.24) is 9.88 Å². The highest BCUT2D eigenvalue weighted by Gasteiger charge is 2.29. The molecule has 1 aliphatic heterocycles. The lowest BCUT2D eigenvalue weighted by atomic mass is 10.0. The third-order valence-electron chi connectivity index (χ3n) is 3.91. The van der Waals surface area contributed by atoms with Crippen molar-refractivity contribution < 1.29 is 17.6 Å². The van der Waals surface area contributed by atoms with Gasteiger partial charge in [-0.25, -0.2) is 4.39 Å². The Labute approximate surface area is 125 Å². The topological polar surface area (TPSA) is 29.0 Å². The lowest BCUT2D eigenvalue weighted by molar-refractivity contribution is -0.139. The van der Waals surface area contributed by atoms with Gasteiger partial charge in [-0.05, 0) is 31.2 Å². The molecular formula is C15H17F4N3. The fraction of sp³-hybridized carbons (Fsp3) is 0.467. The summed E-state index contributed by atoms with van der Waals surface area (Å²) < 4.78 is 52.8. The number of fused-ring (bicyclic) bond motifs is 1. The van der Waals surface area contributed by atoms with Crippen molar-refractivity contribution in [1.29, 1.82) is 0 Å². The van der Waals surface area contributed by atoms with Gasteiger partial charge in [-0.2, -0.15) is 13.2 Å². The molecule has 22 heavy (non-hydrogen) atoms. The summed E-state index contributed by atoms with van der Waals surface area (Å²) in [5.41, 5.74) is 1.17. The maximum atomic E-state index is 13.9. The summed E-state index contributed by atoms with van der Waals surface area (Å²) in [5.74, 6) is 0. The smallest absolute Gasteiger partial charge is 0.379 e. The van der Waals surface area contributed by atoms with Crippen LogP contribution >= 0.6 is 0 Å². The van der Waals surface area contributed by atoms with Gasteiger partial charge in [0.2, 0.25) is 0 Å². The van der Waals surface area contributed by atoms with Crippen molar-refractivity contribution in [3.05, 3.63) is 30.5 Å². The van der Waals surface area contributed by atoms with Crippen LogP contribution in [0.15, 0.2) is 30.5 Å². The molecule has 0 bridgehead atoms. The lowest BCUT2D eigenvalue weighted by Gasteiger charge is -2.28. The number of piperidine rings is 1. The van der Waals surface area contributed by atoms with E-state index in [0.29, 0.717) is 29.6 Å². The fourth-order valence-electron chi connectivity index (χ4n) is 2.86. The summed E-state index contributed by atoms with van der Waals surface area (Å²) in [6, 6.07) is 6.41. The molecule has 0 amide bonds. The van der Waals surface area contributed by atoms with Crippen LogP contribution < -0.4 is 10.6 Å². The molecule has 1 saturated heterocycles. The number of aromatic nitrogens is 1. The second-order valence-corrected chi connectivity index (χ2v) is 5.56. The number of alkyl halides is 4. The van der Waals surface area contributed by atoms with Gasteiger partial charge in [-0.3, -0.25) is 0 Å². The molecular weight excluding hydrogens is 298 g/mol. The van der Waals surface area contributed by atoms with Gasteiger partial charge in [0, 0.05) is 23.8 Å². The van der Waals surface area contributed by atoms with Crippen LogP contribution in [0, 0.1) is 0 Å². The lowest BCUT2D eigenvalue weighted by Crippen LogP contribution is -2.45. The van der Waals surface area contributed by atoms with E-state index in [9.17, 15) is 17.6 Å². The molecule has 0 spiro atoms. The van der Waals surface area contributed by atoms with E-state index in [0.717, 1.165) is 11.1 Å². The van der Waals surface area contributed by atoms with Crippen molar-refractivity contribution in [2.24, 2.45) is 0 Å². The van der Waals surface area contributed by atoms with E-state index in [2.05, 4.69) is 10.6 Å². The molecule has 3 rings (SSSR count). The number of rotatable bonds is 3. The minimum Gasteiger partial charge on any atom is -0.379 e. The summed E-state index contributed by atoms with van der Waals surface area (Å²) in [7, 11) is 0. The number of anilines is 1. The maximum Gasteiger partial charge on any atom is 0.406 e. The van der Waals surface area contributed by atoms with E-state index in [1.165, 1.54) is 6.20 Å². The van der Waals surface area contributed by atoms with Crippen LogP contribution in [0.5, 0.6) is 0 Å². The first kappa shape index (κ1) is 15.1. The van der Waals surface area contributed by atoms with Gasteiger partial charge in [0.1, 0.15) is 12.7 Å². The summed E-state index contributed by atoms with van der Waals surface area (Å²) in [6.45, 7) is -0.00901. The first-order valence-corrected chi connectivity index (χ1v) is 7.20. The van der Waals surface area contributed by atoms with E-state index < -0.39 is 18.9 Å². The molecule has 7 heteroatoms. The van der Waals surface area contributed by atoms with Crippen LogP contribution in [-0.2, 0) is 6.54 Å². The maximum absolute atomic E-state index is 13.9. The summed E-state index contributed by atoms with van der Waals surface area (Å²) in [5, 5.41) is 6.79. The number of benzene rings is 1. The first-order chi connectivity index (χ1) is 10.4. The summed E-state index contributed by atoms with van der Waals surface area (Å²) in [6.07, 6.45) is -3.23. The fourth-order valence-corrected chi connectivity index (χ4v) is 2.86. The van der Waals surface area contributed by atoms with Gasteiger partial charge in [0.25, 0.3) is 0 Å². The highest BCUT2D eigenvalue weighted by Crippen LogP contribution is 2.29. The third kappa shape index (κ3) is 3.19. The quantitative estimate of drug-likeness (QED) is 0.851. The van der Waals surface area contributed by atoms with Crippen LogP contribution in [-0.4, -0.2) is 36.0 Å². The molecule has 1 aromatic heterocycles. The molecule has 3 nitrogen and oxygen atoms in total. The average molecular weight is 315 g/mol. The molecule has 1 aliphatic rings. The van der Waals surface area contributed by atoms with Crippen LogP contribution in [0.1, 0.15) is 6.42 Å². The second-order valence-electron chi connectivity index (χ2n) is 5.56. The monoisotopic (exact) mass is 315 g/mol. The summed E-state index contributed by atoms with van der Waals surface area (Å²) >= 11 is 0. The normalized spacial score (nSPS) is 22.9. The molecule has 2 heterocycles. The average Bonchev–Trinajstić information content (AvgIpc) is 2.84. The zero-order valence-corrected chi connectivity index (χ0v) is 11.8. The summed E-state index contributed by atoms with van der Waals surface area (Å²) in [4.78, 5) is 0. The van der Waals surface area contributed by atoms with Gasteiger partial charge in [-0.1, -0.05) is 6.07 Å². The van der Waals surface area contributed by atoms with Gasteiger partial charge >= 0.3 is 6.18 Å². The first-order valence-electron chi connectivity index (χ1n) is 7.20. The minimum atomic E-state index is -4.27. The van der Waals surface area contributed by atoms with Crippen LogP contribution in [0.2, 0.25) is 0 Å². The van der Waals surface area contributed by atoms with Gasteiger partial charge in [0.05, 0.1) is 11.6 Å². The molecule has 0 aliphatic carbocycles. The zero-order valence-electron chi connectivity index (χ0n) is 11.8. The number of nitrogens with one attached hydrogen (secondary N) is 2. The highest BCUT2D eigenvalue weighted by molar-refractivity contribution is 5.92. The zero-order chi connectivity index (χ0) is 15.7. The van der Waals surface area contributed by atoms with Gasteiger partial charge in [-0.15, -0.1) is 0 Å². The molecule has 0 unspecified atom stereocenters. The van der Waals surface area contributed by atoms with Crippen molar-refractivity contribution >= 4 is 16.6 Å². The highest BCUT2D eigenvalue weighted by atomic mass is 19.4. The second kappa shape index (κ2) is 5.79. The van der Waals surface area contributed by atoms with Crippen LogP contribution in [0.4, 0.5) is 23.2 Å². The molecule has 2 atom stereocenters. The molecule has 2 N–H and O–H groups in total. The van der Waals surface area contributed by atoms with Crippen molar-refractivity contribution in [3.8, 4) is 0 Å². The van der Waals surface area contributed by atoms with E-state index in [1.54, 1.807) is 24.3 Å². The van der Waals surface area contributed by atoms with Crippen molar-refractivity contribution in [2.45, 2.75) is 31.4 Å². The van der Waals surface area contributed by atoms with E-state index in [1.807, 2.05) is 0 Å². The van der Waals surface area contributed by atoms with E-state index >= 15 is 0 Å². The van der Waals surface area contributed by atoms with Gasteiger partial charge in [0.15, 0.2) is 0 Å². The third-order valence-corrected chi connectivity index (χ3v) is 3.91. The Kier molecular flexibility index (Phi) is 3.99. The molecule has 1 aromatic carbocycles. The van der Waals surface area contributed by atoms with Crippen LogP contribution in [0.3, 0.4) is 0 Å². The SMILES string of the molecule is F[C@@H]1CNCC[C@@H]1Nc1cccc2c1ccn2CC(F)(F)F. The van der Waals surface area contributed by atoms with Crippen molar-refractivity contribution in [2.75, 3.05) is 18.4 Å². The number of halogens is 4. The van der Waals surface area contributed by atoms with Crippen molar-refractivity contribution in [3.63, 3.8) is 0 Å². The Morgan fingerprint density at radius 3 is 2.82 bits per heavy atom. The number of nitrogens with zero attached hydrogens (tertiary/aromatic N) is 1. The molecule has 1 fully saturated rings. The van der Waals surface area contributed by atoms with Gasteiger partial charge < -0.3 is 15.2 Å². The molecule has 120 valence electrons. The minimum absolute atomic E-state index is 0.294. The Hall–Kier alpha value is -1.76. The van der Waals surface area contributed by atoms with E-state index in [4.69, 9.17) is 0 Å². The number of hydrogen-bond acceptors (Lipinski definition) is 2. The standard InChI is InChI=1S/C15H17F4N3/c16-11-8-20-6-4-13(11)21-12-2-1-3-14-10(12)5-7-22(14)9-15(17,18)19/h1-3,5,7,11,13,20-21H,4,6,8-9H2/t11-,13+/m1/s1. The predicted molar refractivity (Wildman–Crippen MR) is 77.8 cm³/mol. The Morgan fingerprint density at radius 2 is 2.09 bits per heavy atom. The predicted octanol–water partition coefficient (Wildman–Crippen LogP) is 3.32. The number of hydrogen-bond donors (Lipinski definition) is 2. The molecule has 0 radical (unpaired) electrons. The molecule has 2 aromatic rings. The largest absolute Gasteiger partial charge is 0.406 e. The van der Waals surface area contributed by atoms with Crippen LogP contribution in [0.25, 0.3) is 10.9 Å². The van der Waals surface area contributed by atoms with E-state index in [-0.39, 0.29) is 6.04 Å². The molecule has 0 saturated carbocycles. The Bertz CT molecular complexity index is 650. The Morgan fingerprint density at radius 1 is 1.27 bits per heavy atom. The Balaban J connectivity index is 1.87.